The summed E-state index contributed by atoms with van der Waals surface area (Å²) in [6, 6.07) is 3.66. The number of nitrogens with zero attached hydrogens (tertiary/aromatic N) is 5. The van der Waals surface area contributed by atoms with E-state index in [1.807, 2.05) is 12.1 Å². The Morgan fingerprint density at radius 3 is 3.00 bits per heavy atom. The van der Waals surface area contributed by atoms with Crippen LogP contribution in [0.2, 0.25) is 0 Å². The molecular weight excluding hydrogens is 320 g/mol. The quantitative estimate of drug-likeness (QED) is 0.692. The van der Waals surface area contributed by atoms with E-state index in [4.69, 9.17) is 4.52 Å². The Hall–Kier alpha value is -3.29. The fourth-order valence-electron chi connectivity index (χ4n) is 2.35. The second kappa shape index (κ2) is 6.31. The number of carbonyl (C=O) groups is 1. The summed E-state index contributed by atoms with van der Waals surface area (Å²) >= 11 is 0. The first kappa shape index (κ1) is 15.3. The molecule has 1 aliphatic carbocycles. The number of nitrogens with one attached hydrogen (secondary N) is 1. The van der Waals surface area contributed by atoms with Crippen molar-refractivity contribution in [2.75, 3.05) is 6.54 Å². The smallest absolute Gasteiger partial charge is 0.271 e. The predicted molar refractivity (Wildman–Crippen MR) is 89.2 cm³/mol. The molecular formula is C17H16N6O2. The highest BCUT2D eigenvalue weighted by molar-refractivity contribution is 5.92. The van der Waals surface area contributed by atoms with Crippen LogP contribution < -0.4 is 5.32 Å². The van der Waals surface area contributed by atoms with Crippen LogP contribution in [-0.2, 0) is 0 Å². The molecule has 0 radical (unpaired) electrons. The fourth-order valence-corrected chi connectivity index (χ4v) is 2.35. The molecule has 3 aromatic heterocycles. The van der Waals surface area contributed by atoms with Crippen LogP contribution in [0.3, 0.4) is 0 Å². The van der Waals surface area contributed by atoms with Crippen molar-refractivity contribution in [1.29, 1.82) is 0 Å². The number of hydrogen-bond donors (Lipinski definition) is 1. The van der Waals surface area contributed by atoms with Gasteiger partial charge in [0.1, 0.15) is 17.8 Å². The van der Waals surface area contributed by atoms with Gasteiger partial charge in [0.15, 0.2) is 5.82 Å². The molecule has 3 heterocycles. The van der Waals surface area contributed by atoms with Crippen LogP contribution in [-0.4, -0.2) is 37.1 Å². The summed E-state index contributed by atoms with van der Waals surface area (Å²) in [5, 5.41) is 6.68. The Balaban J connectivity index is 1.50. The molecule has 25 heavy (non-hydrogen) atoms. The number of amides is 1. The number of carbonyl (C=O) groups excluding carboxylic acids is 1. The summed E-state index contributed by atoms with van der Waals surface area (Å²) in [5.74, 6) is 2.07. The van der Waals surface area contributed by atoms with Crippen LogP contribution >= 0.6 is 0 Å². The summed E-state index contributed by atoms with van der Waals surface area (Å²) in [7, 11) is 0. The Labute approximate surface area is 143 Å². The maximum atomic E-state index is 11.9. The second-order valence-corrected chi connectivity index (χ2v) is 5.80. The molecule has 1 aliphatic rings. The van der Waals surface area contributed by atoms with Gasteiger partial charge in [-0.15, -0.1) is 6.58 Å². The number of imidazole rings is 1. The van der Waals surface area contributed by atoms with Gasteiger partial charge in [0.05, 0.1) is 5.56 Å². The van der Waals surface area contributed by atoms with Crippen LogP contribution in [0.4, 0.5) is 0 Å². The molecule has 0 aromatic carbocycles. The zero-order valence-electron chi connectivity index (χ0n) is 13.4. The van der Waals surface area contributed by atoms with Crippen molar-refractivity contribution in [3.05, 3.63) is 55.0 Å². The average Bonchev–Trinajstić information content (AvgIpc) is 3.18. The van der Waals surface area contributed by atoms with E-state index in [9.17, 15) is 4.79 Å². The van der Waals surface area contributed by atoms with E-state index in [-0.39, 0.29) is 5.91 Å². The molecule has 3 aromatic rings. The van der Waals surface area contributed by atoms with Crippen LogP contribution in [0.5, 0.6) is 0 Å². The number of aromatic nitrogens is 5. The minimum atomic E-state index is -0.256. The number of hydrogen-bond acceptors (Lipinski definition) is 6. The summed E-state index contributed by atoms with van der Waals surface area (Å²) in [6.45, 7) is 3.95. The van der Waals surface area contributed by atoms with E-state index in [0.717, 1.165) is 24.2 Å². The number of pyridine rings is 1. The largest absolute Gasteiger partial charge is 0.347 e. The van der Waals surface area contributed by atoms with Gasteiger partial charge in [0.25, 0.3) is 11.8 Å². The maximum Gasteiger partial charge on any atom is 0.271 e. The fraction of sp³-hybridized carbons (Fsp3) is 0.235. The Bertz CT molecular complexity index is 907. The molecule has 0 unspecified atom stereocenters. The molecule has 0 saturated heterocycles. The predicted octanol–water partition coefficient (Wildman–Crippen LogP) is 2.11. The van der Waals surface area contributed by atoms with Crippen molar-refractivity contribution >= 4 is 5.91 Å². The zero-order chi connectivity index (χ0) is 17.2. The first-order valence-electron chi connectivity index (χ1n) is 7.98. The van der Waals surface area contributed by atoms with Crippen molar-refractivity contribution in [2.45, 2.75) is 18.8 Å². The van der Waals surface area contributed by atoms with Crippen LogP contribution in [0, 0.1) is 0 Å². The molecule has 126 valence electrons. The van der Waals surface area contributed by atoms with Gasteiger partial charge >= 0.3 is 0 Å². The van der Waals surface area contributed by atoms with E-state index in [1.54, 1.807) is 29.4 Å². The Morgan fingerprint density at radius 2 is 2.28 bits per heavy atom. The third-order valence-corrected chi connectivity index (χ3v) is 3.87. The summed E-state index contributed by atoms with van der Waals surface area (Å²) in [6.07, 6.45) is 8.69. The van der Waals surface area contributed by atoms with Gasteiger partial charge < -0.3 is 9.84 Å². The minimum Gasteiger partial charge on any atom is -0.347 e. The number of rotatable bonds is 6. The molecule has 1 amide bonds. The average molecular weight is 336 g/mol. The second-order valence-electron chi connectivity index (χ2n) is 5.80. The lowest BCUT2D eigenvalue weighted by molar-refractivity contribution is 0.0953. The van der Waals surface area contributed by atoms with Crippen LogP contribution in [0.25, 0.3) is 17.3 Å². The first-order valence-corrected chi connectivity index (χ1v) is 7.98. The van der Waals surface area contributed by atoms with Gasteiger partial charge in [-0.25, -0.2) is 9.97 Å². The molecule has 8 nitrogen and oxygen atoms in total. The van der Waals surface area contributed by atoms with Crippen molar-refractivity contribution in [1.82, 2.24) is 30.0 Å². The monoisotopic (exact) mass is 336 g/mol. The lowest BCUT2D eigenvalue weighted by atomic mass is 10.3. The van der Waals surface area contributed by atoms with Gasteiger partial charge in [0.2, 0.25) is 0 Å². The van der Waals surface area contributed by atoms with Crippen molar-refractivity contribution < 1.29 is 9.32 Å². The molecule has 1 saturated carbocycles. The SMILES string of the molecule is C=CCNC(=O)c1cn(-c2ccc(-c3nc(C4CC4)no3)cn2)cn1. The van der Waals surface area contributed by atoms with E-state index in [0.29, 0.717) is 29.9 Å². The van der Waals surface area contributed by atoms with Crippen molar-refractivity contribution in [3.8, 4) is 17.3 Å². The molecule has 0 bridgehead atoms. The summed E-state index contributed by atoms with van der Waals surface area (Å²) < 4.78 is 6.97. The van der Waals surface area contributed by atoms with Gasteiger partial charge in [-0.05, 0) is 25.0 Å². The molecule has 1 fully saturated rings. The Kier molecular flexibility index (Phi) is 3.85. The highest BCUT2D eigenvalue weighted by Crippen LogP contribution is 2.38. The molecule has 0 spiro atoms. The zero-order valence-corrected chi connectivity index (χ0v) is 13.4. The highest BCUT2D eigenvalue weighted by Gasteiger charge is 2.29. The van der Waals surface area contributed by atoms with Crippen molar-refractivity contribution in [2.24, 2.45) is 0 Å². The maximum absolute atomic E-state index is 11.9. The van der Waals surface area contributed by atoms with E-state index < -0.39 is 0 Å². The van der Waals surface area contributed by atoms with Gasteiger partial charge in [0, 0.05) is 24.9 Å². The van der Waals surface area contributed by atoms with E-state index >= 15 is 0 Å². The van der Waals surface area contributed by atoms with Gasteiger partial charge in [-0.2, -0.15) is 4.98 Å². The third-order valence-electron chi connectivity index (χ3n) is 3.87. The third kappa shape index (κ3) is 3.18. The van der Waals surface area contributed by atoms with Crippen LogP contribution in [0.15, 0.2) is 48.0 Å². The Morgan fingerprint density at radius 1 is 1.40 bits per heavy atom. The highest BCUT2D eigenvalue weighted by atomic mass is 16.5. The topological polar surface area (TPSA) is 98.7 Å². The standard InChI is InChI=1S/C17H16N6O2/c1-2-7-18-16(24)13-9-23(10-20-13)14-6-5-12(8-19-14)17-21-15(22-25-17)11-3-4-11/h2,5-6,8-11H,1,3-4,7H2,(H,18,24). The van der Waals surface area contributed by atoms with Gasteiger partial charge in [-0.3, -0.25) is 9.36 Å². The molecule has 4 rings (SSSR count). The summed E-state index contributed by atoms with van der Waals surface area (Å²) in [5.41, 5.74) is 1.07. The van der Waals surface area contributed by atoms with Crippen LogP contribution in [0.1, 0.15) is 35.1 Å². The normalized spacial score (nSPS) is 13.6. The van der Waals surface area contributed by atoms with E-state index in [2.05, 4.69) is 32.0 Å². The van der Waals surface area contributed by atoms with Crippen molar-refractivity contribution in [3.63, 3.8) is 0 Å². The van der Waals surface area contributed by atoms with E-state index in [1.165, 1.54) is 0 Å². The molecule has 0 aliphatic heterocycles. The lowest BCUT2D eigenvalue weighted by Gasteiger charge is -2.01. The minimum absolute atomic E-state index is 0.256. The molecule has 1 N–H and O–H groups in total. The lowest BCUT2D eigenvalue weighted by Crippen LogP contribution is -2.23. The van der Waals surface area contributed by atoms with Gasteiger partial charge in [-0.1, -0.05) is 11.2 Å². The molecule has 0 atom stereocenters. The summed E-state index contributed by atoms with van der Waals surface area (Å²) in [4.78, 5) is 24.7. The first-order chi connectivity index (χ1) is 12.2. The molecule has 8 heteroatoms.